The van der Waals surface area contributed by atoms with Crippen LogP contribution in [-0.2, 0) is 6.61 Å². The summed E-state index contributed by atoms with van der Waals surface area (Å²) < 4.78 is 24.4. The molecule has 0 fully saturated rings. The normalized spacial score (nSPS) is 10.1. The summed E-state index contributed by atoms with van der Waals surface area (Å²) in [7, 11) is 1.43. The minimum Gasteiger partial charge on any atom is -0.494 e. The van der Waals surface area contributed by atoms with Crippen molar-refractivity contribution in [1.82, 2.24) is 0 Å². The molecule has 0 spiro atoms. The maximum absolute atomic E-state index is 13.9. The van der Waals surface area contributed by atoms with Gasteiger partial charge >= 0.3 is 0 Å². The number of methoxy groups -OCH3 is 1. The molecule has 2 aromatic carbocycles. The molecule has 0 atom stereocenters. The molecule has 104 valence electrons. The van der Waals surface area contributed by atoms with Gasteiger partial charge in [-0.15, -0.1) is 0 Å². The Morgan fingerprint density at radius 1 is 1.20 bits per heavy atom. The van der Waals surface area contributed by atoms with Gasteiger partial charge in [0.2, 0.25) is 0 Å². The third kappa shape index (κ3) is 3.24. The van der Waals surface area contributed by atoms with Crippen LogP contribution < -0.4 is 15.2 Å². The minimum atomic E-state index is -0.408. The Hall–Kier alpha value is -2.14. The first-order valence-corrected chi connectivity index (χ1v) is 6.36. The van der Waals surface area contributed by atoms with Gasteiger partial charge in [-0.05, 0) is 30.3 Å². The van der Waals surface area contributed by atoms with Gasteiger partial charge in [-0.2, -0.15) is 0 Å². The molecule has 0 amide bonds. The standard InChI is InChI=1S/C15H14FNO2S/c1-18-13-4-2-3-11(14(13)16)9-19-12-7-5-10(6-8-12)15(17)20/h2-8H,9H2,1H3,(H2,17,20). The van der Waals surface area contributed by atoms with E-state index in [0.29, 0.717) is 16.3 Å². The Kier molecular flexibility index (Phi) is 4.53. The van der Waals surface area contributed by atoms with Crippen LogP contribution in [0.2, 0.25) is 0 Å². The smallest absolute Gasteiger partial charge is 0.171 e. The Balaban J connectivity index is 2.07. The molecule has 2 N–H and O–H groups in total. The molecular weight excluding hydrogens is 277 g/mol. The largest absolute Gasteiger partial charge is 0.494 e. The zero-order valence-corrected chi connectivity index (χ0v) is 11.7. The van der Waals surface area contributed by atoms with Crippen LogP contribution in [0.15, 0.2) is 42.5 Å². The van der Waals surface area contributed by atoms with Gasteiger partial charge in [0.25, 0.3) is 0 Å². The summed E-state index contributed by atoms with van der Waals surface area (Å²) in [5, 5.41) is 0. The molecular formula is C15H14FNO2S. The summed E-state index contributed by atoms with van der Waals surface area (Å²) in [5.41, 5.74) is 6.70. The molecule has 0 aliphatic heterocycles. The average Bonchev–Trinajstić information content (AvgIpc) is 2.46. The molecule has 0 bridgehead atoms. The van der Waals surface area contributed by atoms with E-state index in [1.807, 2.05) is 0 Å². The molecule has 0 aliphatic carbocycles. The van der Waals surface area contributed by atoms with Crippen LogP contribution >= 0.6 is 12.2 Å². The lowest BCUT2D eigenvalue weighted by molar-refractivity contribution is 0.295. The van der Waals surface area contributed by atoms with Crippen LogP contribution in [0.5, 0.6) is 11.5 Å². The van der Waals surface area contributed by atoms with Crippen molar-refractivity contribution in [3.8, 4) is 11.5 Å². The van der Waals surface area contributed by atoms with Gasteiger partial charge in [0.1, 0.15) is 17.3 Å². The Labute approximate surface area is 122 Å². The number of halogens is 1. The average molecular weight is 291 g/mol. The number of hydrogen-bond acceptors (Lipinski definition) is 3. The monoisotopic (exact) mass is 291 g/mol. The Morgan fingerprint density at radius 3 is 2.50 bits per heavy atom. The highest BCUT2D eigenvalue weighted by atomic mass is 32.1. The Morgan fingerprint density at radius 2 is 1.90 bits per heavy atom. The number of thiocarbonyl (C=S) groups is 1. The van der Waals surface area contributed by atoms with Crippen molar-refractivity contribution in [2.45, 2.75) is 6.61 Å². The lowest BCUT2D eigenvalue weighted by atomic mass is 10.2. The van der Waals surface area contributed by atoms with E-state index in [2.05, 4.69) is 0 Å². The van der Waals surface area contributed by atoms with E-state index in [0.717, 1.165) is 5.56 Å². The second-order valence-electron chi connectivity index (χ2n) is 4.11. The van der Waals surface area contributed by atoms with Crippen molar-refractivity contribution in [3.05, 3.63) is 59.4 Å². The van der Waals surface area contributed by atoms with E-state index in [1.54, 1.807) is 42.5 Å². The summed E-state index contributed by atoms with van der Waals surface area (Å²) >= 11 is 4.86. The van der Waals surface area contributed by atoms with Crippen LogP contribution in [0.4, 0.5) is 4.39 Å². The van der Waals surface area contributed by atoms with Gasteiger partial charge in [-0.25, -0.2) is 4.39 Å². The highest BCUT2D eigenvalue weighted by molar-refractivity contribution is 7.80. The molecule has 20 heavy (non-hydrogen) atoms. The topological polar surface area (TPSA) is 44.5 Å². The maximum Gasteiger partial charge on any atom is 0.171 e. The van der Waals surface area contributed by atoms with E-state index in [-0.39, 0.29) is 12.4 Å². The lowest BCUT2D eigenvalue weighted by Crippen LogP contribution is -2.08. The maximum atomic E-state index is 13.9. The number of nitrogens with two attached hydrogens (primary N) is 1. The molecule has 0 aromatic heterocycles. The van der Waals surface area contributed by atoms with Crippen molar-refractivity contribution >= 4 is 17.2 Å². The SMILES string of the molecule is COc1cccc(COc2ccc(C(N)=S)cc2)c1F. The van der Waals surface area contributed by atoms with Crippen LogP contribution in [0.3, 0.4) is 0 Å². The molecule has 0 saturated carbocycles. The van der Waals surface area contributed by atoms with Crippen molar-refractivity contribution < 1.29 is 13.9 Å². The lowest BCUT2D eigenvalue weighted by Gasteiger charge is -2.09. The van der Waals surface area contributed by atoms with E-state index in [4.69, 9.17) is 27.4 Å². The number of benzene rings is 2. The summed E-state index contributed by atoms with van der Waals surface area (Å²) in [6.45, 7) is 0.120. The number of hydrogen-bond donors (Lipinski definition) is 1. The summed E-state index contributed by atoms with van der Waals surface area (Å²) in [5.74, 6) is 0.414. The van der Waals surface area contributed by atoms with Gasteiger partial charge < -0.3 is 15.2 Å². The summed E-state index contributed by atoms with van der Waals surface area (Å²) in [6, 6.07) is 12.0. The van der Waals surface area contributed by atoms with Crippen LogP contribution in [0.1, 0.15) is 11.1 Å². The molecule has 3 nitrogen and oxygen atoms in total. The molecule has 0 aliphatic rings. The van der Waals surface area contributed by atoms with Gasteiger partial charge in [-0.1, -0.05) is 24.4 Å². The quantitative estimate of drug-likeness (QED) is 0.860. The fraction of sp³-hybridized carbons (Fsp3) is 0.133. The first kappa shape index (κ1) is 14.3. The predicted molar refractivity (Wildman–Crippen MR) is 79.6 cm³/mol. The predicted octanol–water partition coefficient (Wildman–Crippen LogP) is 3.05. The molecule has 0 saturated heterocycles. The summed E-state index contributed by atoms with van der Waals surface area (Å²) in [4.78, 5) is 0.329. The Bertz CT molecular complexity index is 614. The van der Waals surface area contributed by atoms with Crippen LogP contribution in [0, 0.1) is 5.82 Å². The zero-order chi connectivity index (χ0) is 14.5. The van der Waals surface area contributed by atoms with Crippen molar-refractivity contribution in [3.63, 3.8) is 0 Å². The third-order valence-corrected chi connectivity index (χ3v) is 3.03. The third-order valence-electron chi connectivity index (χ3n) is 2.80. The first-order chi connectivity index (χ1) is 9.61. The van der Waals surface area contributed by atoms with Crippen molar-refractivity contribution in [2.75, 3.05) is 7.11 Å². The number of ether oxygens (including phenoxy) is 2. The molecule has 2 rings (SSSR count). The van der Waals surface area contributed by atoms with E-state index in [9.17, 15) is 4.39 Å². The highest BCUT2D eigenvalue weighted by Crippen LogP contribution is 2.21. The van der Waals surface area contributed by atoms with Crippen LogP contribution in [-0.4, -0.2) is 12.1 Å². The van der Waals surface area contributed by atoms with Crippen LogP contribution in [0.25, 0.3) is 0 Å². The highest BCUT2D eigenvalue weighted by Gasteiger charge is 2.08. The summed E-state index contributed by atoms with van der Waals surface area (Å²) in [6.07, 6.45) is 0. The van der Waals surface area contributed by atoms with Crippen molar-refractivity contribution in [2.24, 2.45) is 5.73 Å². The fourth-order valence-electron chi connectivity index (χ4n) is 1.70. The molecule has 0 unspecified atom stereocenters. The first-order valence-electron chi connectivity index (χ1n) is 5.96. The molecule has 5 heteroatoms. The molecule has 2 aromatic rings. The number of rotatable bonds is 5. The minimum absolute atomic E-state index is 0.120. The molecule has 0 heterocycles. The second kappa shape index (κ2) is 6.34. The molecule has 0 radical (unpaired) electrons. The van der Waals surface area contributed by atoms with Gasteiger partial charge in [0.05, 0.1) is 7.11 Å². The second-order valence-corrected chi connectivity index (χ2v) is 4.55. The van der Waals surface area contributed by atoms with Crippen molar-refractivity contribution in [1.29, 1.82) is 0 Å². The van der Waals surface area contributed by atoms with E-state index in [1.165, 1.54) is 7.11 Å². The van der Waals surface area contributed by atoms with Gasteiger partial charge in [0, 0.05) is 11.1 Å². The fourth-order valence-corrected chi connectivity index (χ4v) is 1.84. The van der Waals surface area contributed by atoms with Gasteiger partial charge in [-0.3, -0.25) is 0 Å². The van der Waals surface area contributed by atoms with Gasteiger partial charge in [0.15, 0.2) is 11.6 Å². The zero-order valence-electron chi connectivity index (χ0n) is 10.9. The van der Waals surface area contributed by atoms with E-state index >= 15 is 0 Å². The van der Waals surface area contributed by atoms with E-state index < -0.39 is 5.82 Å².